The molecule has 2 rings (SSSR count). The number of hydrogen-bond acceptors (Lipinski definition) is 4. The van der Waals surface area contributed by atoms with Gasteiger partial charge in [0.2, 0.25) is 5.91 Å². The molecule has 1 aromatic rings. The standard InChI is InChI=1S/C15H18BrNO5/c1-21-11-2-3-12(16)10(6-11)7-13(18)17-15(8-14(19)20)4-5-22-9-15/h2-3,6H,4-5,7-9H2,1H3,(H,17,18)(H,19,20). The van der Waals surface area contributed by atoms with Crippen molar-refractivity contribution in [3.05, 3.63) is 28.2 Å². The number of hydrogen-bond donors (Lipinski definition) is 2. The molecule has 1 aliphatic heterocycles. The van der Waals surface area contributed by atoms with Crippen LogP contribution >= 0.6 is 15.9 Å². The Balaban J connectivity index is 2.07. The molecule has 2 N–H and O–H groups in total. The monoisotopic (exact) mass is 371 g/mol. The second-order valence-electron chi connectivity index (χ2n) is 5.34. The summed E-state index contributed by atoms with van der Waals surface area (Å²) in [4.78, 5) is 23.3. The van der Waals surface area contributed by atoms with Gasteiger partial charge in [-0.15, -0.1) is 0 Å². The lowest BCUT2D eigenvalue weighted by molar-refractivity contribution is -0.139. The van der Waals surface area contributed by atoms with E-state index < -0.39 is 11.5 Å². The number of halogens is 1. The number of carboxylic acid groups (broad SMARTS) is 1. The molecule has 0 saturated carbocycles. The average Bonchev–Trinajstić information content (AvgIpc) is 2.88. The minimum absolute atomic E-state index is 0.138. The molecule has 1 amide bonds. The van der Waals surface area contributed by atoms with Gasteiger partial charge in [0.15, 0.2) is 0 Å². The van der Waals surface area contributed by atoms with Crippen molar-refractivity contribution in [3.63, 3.8) is 0 Å². The third-order valence-corrected chi connectivity index (χ3v) is 4.38. The third-order valence-electron chi connectivity index (χ3n) is 3.60. The number of carboxylic acids is 1. The second-order valence-corrected chi connectivity index (χ2v) is 6.19. The number of carbonyl (C=O) groups is 2. The summed E-state index contributed by atoms with van der Waals surface area (Å²) in [5.74, 6) is -0.524. The molecule has 1 aromatic carbocycles. The van der Waals surface area contributed by atoms with Crippen LogP contribution in [0.5, 0.6) is 5.75 Å². The maximum atomic E-state index is 12.3. The van der Waals surface area contributed by atoms with Gasteiger partial charge in [0, 0.05) is 11.1 Å². The van der Waals surface area contributed by atoms with Crippen LogP contribution in [0.15, 0.2) is 22.7 Å². The largest absolute Gasteiger partial charge is 0.497 e. The number of amides is 1. The van der Waals surface area contributed by atoms with E-state index in [2.05, 4.69) is 21.2 Å². The van der Waals surface area contributed by atoms with Gasteiger partial charge in [-0.3, -0.25) is 9.59 Å². The lowest BCUT2D eigenvalue weighted by Gasteiger charge is -2.27. The highest BCUT2D eigenvalue weighted by molar-refractivity contribution is 9.10. The molecule has 0 bridgehead atoms. The Labute approximate surface area is 136 Å². The topological polar surface area (TPSA) is 84.9 Å². The molecule has 0 aromatic heterocycles. The molecule has 7 heteroatoms. The molecular weight excluding hydrogens is 354 g/mol. The quantitative estimate of drug-likeness (QED) is 0.795. The van der Waals surface area contributed by atoms with Gasteiger partial charge >= 0.3 is 5.97 Å². The van der Waals surface area contributed by atoms with Crippen LogP contribution in [0.2, 0.25) is 0 Å². The summed E-state index contributed by atoms with van der Waals surface area (Å²) in [7, 11) is 1.56. The molecule has 1 unspecified atom stereocenters. The fourth-order valence-corrected chi connectivity index (χ4v) is 2.89. The Kier molecular flexibility index (Phi) is 5.42. The molecule has 0 spiro atoms. The number of aliphatic carboxylic acids is 1. The van der Waals surface area contributed by atoms with Crippen LogP contribution in [-0.2, 0) is 20.7 Å². The number of methoxy groups -OCH3 is 1. The molecule has 0 radical (unpaired) electrons. The molecule has 22 heavy (non-hydrogen) atoms. The summed E-state index contributed by atoms with van der Waals surface area (Å²) >= 11 is 3.40. The van der Waals surface area contributed by atoms with E-state index in [0.717, 1.165) is 10.0 Å². The van der Waals surface area contributed by atoms with Crippen LogP contribution in [0.3, 0.4) is 0 Å². The molecular formula is C15H18BrNO5. The lowest BCUT2D eigenvalue weighted by atomic mass is 9.94. The van der Waals surface area contributed by atoms with Crippen LogP contribution in [-0.4, -0.2) is 42.8 Å². The summed E-state index contributed by atoms with van der Waals surface area (Å²) in [6, 6.07) is 5.38. The van der Waals surface area contributed by atoms with E-state index in [1.54, 1.807) is 19.2 Å². The van der Waals surface area contributed by atoms with Gasteiger partial charge in [-0.2, -0.15) is 0 Å². The van der Waals surface area contributed by atoms with Crippen molar-refractivity contribution < 1.29 is 24.2 Å². The maximum Gasteiger partial charge on any atom is 0.305 e. The Morgan fingerprint density at radius 3 is 2.86 bits per heavy atom. The van der Waals surface area contributed by atoms with Crippen molar-refractivity contribution in [3.8, 4) is 5.75 Å². The Morgan fingerprint density at radius 2 is 2.27 bits per heavy atom. The molecule has 1 atom stereocenters. The maximum absolute atomic E-state index is 12.3. The van der Waals surface area contributed by atoms with Gasteiger partial charge < -0.3 is 19.9 Å². The fraction of sp³-hybridized carbons (Fsp3) is 0.467. The zero-order valence-corrected chi connectivity index (χ0v) is 13.8. The number of ether oxygens (including phenoxy) is 2. The fourth-order valence-electron chi connectivity index (χ4n) is 2.51. The number of nitrogens with one attached hydrogen (secondary N) is 1. The third kappa shape index (κ3) is 4.20. The first-order valence-electron chi connectivity index (χ1n) is 6.87. The molecule has 1 aliphatic rings. The minimum Gasteiger partial charge on any atom is -0.497 e. The van der Waals surface area contributed by atoms with Crippen molar-refractivity contribution in [2.75, 3.05) is 20.3 Å². The molecule has 6 nitrogen and oxygen atoms in total. The Bertz CT molecular complexity index is 569. The van der Waals surface area contributed by atoms with E-state index in [-0.39, 0.29) is 25.4 Å². The molecule has 120 valence electrons. The molecule has 1 saturated heterocycles. The van der Waals surface area contributed by atoms with E-state index in [9.17, 15) is 9.59 Å². The highest BCUT2D eigenvalue weighted by Gasteiger charge is 2.38. The van der Waals surface area contributed by atoms with Gasteiger partial charge in [0.05, 0.1) is 32.1 Å². The first kappa shape index (κ1) is 16.8. The first-order chi connectivity index (χ1) is 10.4. The zero-order chi connectivity index (χ0) is 16.2. The minimum atomic E-state index is -0.951. The second kappa shape index (κ2) is 7.11. The predicted octanol–water partition coefficient (Wildman–Crippen LogP) is 1.75. The molecule has 1 heterocycles. The van der Waals surface area contributed by atoms with Gasteiger partial charge in [-0.1, -0.05) is 15.9 Å². The van der Waals surface area contributed by atoms with Crippen LogP contribution < -0.4 is 10.1 Å². The van der Waals surface area contributed by atoms with Gasteiger partial charge in [0.25, 0.3) is 0 Å². The van der Waals surface area contributed by atoms with Crippen molar-refractivity contribution in [1.29, 1.82) is 0 Å². The summed E-state index contributed by atoms with van der Waals surface area (Å²) in [6.07, 6.45) is 0.501. The summed E-state index contributed by atoms with van der Waals surface area (Å²) in [6.45, 7) is 0.681. The number of benzene rings is 1. The molecule has 0 aliphatic carbocycles. The summed E-state index contributed by atoms with van der Waals surface area (Å²) in [5, 5.41) is 11.9. The highest BCUT2D eigenvalue weighted by atomic mass is 79.9. The number of rotatable bonds is 6. The summed E-state index contributed by atoms with van der Waals surface area (Å²) < 4.78 is 11.2. The van der Waals surface area contributed by atoms with E-state index >= 15 is 0 Å². The van der Waals surface area contributed by atoms with E-state index in [1.165, 1.54) is 0 Å². The van der Waals surface area contributed by atoms with Crippen molar-refractivity contribution in [1.82, 2.24) is 5.32 Å². The Hall–Kier alpha value is -1.60. The first-order valence-corrected chi connectivity index (χ1v) is 7.66. The van der Waals surface area contributed by atoms with Crippen LogP contribution in [0.1, 0.15) is 18.4 Å². The normalized spacial score (nSPS) is 20.6. The Morgan fingerprint density at radius 1 is 1.50 bits per heavy atom. The number of carbonyl (C=O) groups excluding carboxylic acids is 1. The van der Waals surface area contributed by atoms with Gasteiger partial charge in [-0.25, -0.2) is 0 Å². The average molecular weight is 372 g/mol. The van der Waals surface area contributed by atoms with Crippen LogP contribution in [0.4, 0.5) is 0 Å². The summed E-state index contributed by atoms with van der Waals surface area (Å²) in [5.41, 5.74) is -0.0323. The van der Waals surface area contributed by atoms with Crippen molar-refractivity contribution >= 4 is 27.8 Å². The lowest BCUT2D eigenvalue weighted by Crippen LogP contribution is -2.51. The SMILES string of the molecule is COc1ccc(Br)c(CC(=O)NC2(CC(=O)O)CCOC2)c1. The highest BCUT2D eigenvalue weighted by Crippen LogP contribution is 2.25. The van der Waals surface area contributed by atoms with E-state index in [1.807, 2.05) is 6.07 Å². The van der Waals surface area contributed by atoms with E-state index in [0.29, 0.717) is 18.8 Å². The van der Waals surface area contributed by atoms with Crippen molar-refractivity contribution in [2.45, 2.75) is 24.8 Å². The van der Waals surface area contributed by atoms with Gasteiger partial charge in [-0.05, 0) is 30.2 Å². The van der Waals surface area contributed by atoms with Crippen LogP contribution in [0, 0.1) is 0 Å². The van der Waals surface area contributed by atoms with Crippen molar-refractivity contribution in [2.24, 2.45) is 0 Å². The van der Waals surface area contributed by atoms with Gasteiger partial charge in [0.1, 0.15) is 5.75 Å². The zero-order valence-electron chi connectivity index (χ0n) is 12.2. The smallest absolute Gasteiger partial charge is 0.305 e. The van der Waals surface area contributed by atoms with Crippen LogP contribution in [0.25, 0.3) is 0 Å². The van der Waals surface area contributed by atoms with E-state index in [4.69, 9.17) is 14.6 Å². The molecule has 1 fully saturated rings. The predicted molar refractivity (Wildman–Crippen MR) is 83.0 cm³/mol.